The van der Waals surface area contributed by atoms with Crippen LogP contribution in [0.15, 0.2) is 29.0 Å². The van der Waals surface area contributed by atoms with Crippen LogP contribution in [0.1, 0.15) is 61.6 Å². The summed E-state index contributed by atoms with van der Waals surface area (Å²) in [7, 11) is 0. The van der Waals surface area contributed by atoms with Gasteiger partial charge in [0.15, 0.2) is 0 Å². The molecule has 2 aliphatic heterocycles. The molecule has 3 N–H and O–H groups in total. The summed E-state index contributed by atoms with van der Waals surface area (Å²) in [5.74, 6) is 0.118. The molecule has 1 aliphatic carbocycles. The molecule has 1 saturated carbocycles. The highest BCUT2D eigenvalue weighted by Gasteiger charge is 2.48. The van der Waals surface area contributed by atoms with Crippen LogP contribution in [0.25, 0.3) is 0 Å². The summed E-state index contributed by atoms with van der Waals surface area (Å²) in [6, 6.07) is 2.41. The van der Waals surface area contributed by atoms with Crippen LogP contribution in [0.2, 0.25) is 0 Å². The fourth-order valence-corrected chi connectivity index (χ4v) is 5.35. The highest BCUT2D eigenvalue weighted by Crippen LogP contribution is 2.44. The molecule has 10 heteroatoms. The Morgan fingerprint density at radius 2 is 1.97 bits per heavy atom. The molecule has 3 amide bonds. The fourth-order valence-electron chi connectivity index (χ4n) is 5.35. The second-order valence-corrected chi connectivity index (χ2v) is 9.60. The lowest BCUT2D eigenvalue weighted by molar-refractivity contribution is -0.124. The third-order valence-corrected chi connectivity index (χ3v) is 7.46. The van der Waals surface area contributed by atoms with Gasteiger partial charge in [-0.15, -0.1) is 0 Å². The van der Waals surface area contributed by atoms with E-state index >= 15 is 0 Å². The molecule has 2 aromatic rings. The molecule has 1 spiro atoms. The molecule has 3 aliphatic rings. The summed E-state index contributed by atoms with van der Waals surface area (Å²) in [6.07, 6.45) is 7.95. The second kappa shape index (κ2) is 9.17. The first-order chi connectivity index (χ1) is 16.5. The van der Waals surface area contributed by atoms with Crippen molar-refractivity contribution in [3.05, 3.63) is 35.9 Å². The van der Waals surface area contributed by atoms with Gasteiger partial charge in [0.1, 0.15) is 11.9 Å². The van der Waals surface area contributed by atoms with E-state index in [1.54, 1.807) is 12.3 Å². The van der Waals surface area contributed by atoms with Crippen molar-refractivity contribution in [1.82, 2.24) is 15.5 Å². The van der Waals surface area contributed by atoms with Crippen molar-refractivity contribution in [2.45, 2.75) is 56.9 Å². The van der Waals surface area contributed by atoms with E-state index in [9.17, 15) is 14.4 Å². The summed E-state index contributed by atoms with van der Waals surface area (Å²) in [4.78, 5) is 43.2. The summed E-state index contributed by atoms with van der Waals surface area (Å²) < 4.78 is 10.4. The zero-order valence-electron chi connectivity index (χ0n) is 19.1. The Balaban J connectivity index is 1.34. The van der Waals surface area contributed by atoms with Gasteiger partial charge in [0.25, 0.3) is 5.91 Å². The van der Waals surface area contributed by atoms with Crippen LogP contribution < -0.4 is 16.0 Å². The lowest BCUT2D eigenvalue weighted by Crippen LogP contribution is -2.49. The third kappa shape index (κ3) is 4.18. The number of amides is 3. The molecule has 180 valence electrons. The van der Waals surface area contributed by atoms with Crippen LogP contribution in [-0.4, -0.2) is 47.1 Å². The number of fused-ring (bicyclic) bond motifs is 2. The Kier molecular flexibility index (Phi) is 6.07. The van der Waals surface area contributed by atoms with Gasteiger partial charge >= 0.3 is 0 Å². The average molecular weight is 468 g/mol. The quantitative estimate of drug-likeness (QED) is 0.615. The number of nitrogens with zero attached hydrogens (tertiary/aromatic N) is 2. The van der Waals surface area contributed by atoms with Gasteiger partial charge in [0.05, 0.1) is 17.3 Å². The molecule has 10 nitrogen and oxygen atoms in total. The molecular weight excluding hydrogens is 438 g/mol. The number of nitrogens with one attached hydrogen (secondary N) is 3. The number of anilines is 2. The van der Waals surface area contributed by atoms with E-state index < -0.39 is 17.4 Å². The summed E-state index contributed by atoms with van der Waals surface area (Å²) >= 11 is 0. The fraction of sp³-hybridized carbons (Fsp3) is 0.542. The highest BCUT2D eigenvalue weighted by atomic mass is 16.5. The summed E-state index contributed by atoms with van der Waals surface area (Å²) in [5, 5.41) is 12.2. The van der Waals surface area contributed by atoms with Crippen molar-refractivity contribution < 1.29 is 23.6 Å². The minimum Gasteiger partial charge on any atom is -0.381 e. The number of aromatic nitrogens is 2. The lowest BCUT2D eigenvalue weighted by atomic mass is 9.76. The van der Waals surface area contributed by atoms with Crippen LogP contribution in [-0.2, 0) is 19.7 Å². The molecule has 0 unspecified atom stereocenters. The van der Waals surface area contributed by atoms with Gasteiger partial charge in [-0.1, -0.05) is 24.9 Å². The molecule has 2 aromatic heterocycles. The van der Waals surface area contributed by atoms with Crippen molar-refractivity contribution in [3.8, 4) is 0 Å². The summed E-state index contributed by atoms with van der Waals surface area (Å²) in [6.45, 7) is 3.25. The van der Waals surface area contributed by atoms with Crippen molar-refractivity contribution in [3.63, 3.8) is 0 Å². The number of hydrogen-bond acceptors (Lipinski definition) is 7. The maximum absolute atomic E-state index is 13.3. The molecule has 0 radical (unpaired) electrons. The number of carbonyl (C=O) groups excluding carboxylic acids is 3. The molecule has 0 aromatic carbocycles. The number of pyridine rings is 1. The van der Waals surface area contributed by atoms with Crippen LogP contribution >= 0.6 is 0 Å². The van der Waals surface area contributed by atoms with Crippen molar-refractivity contribution >= 4 is 29.2 Å². The Labute approximate surface area is 197 Å². The minimum atomic E-state index is -0.739. The zero-order chi connectivity index (χ0) is 23.7. The predicted octanol–water partition coefficient (Wildman–Crippen LogP) is 2.63. The molecule has 5 rings (SSSR count). The first-order valence-corrected chi connectivity index (χ1v) is 11.9. The SMILES string of the molecule is C[C@H]1CC[C@H]([C@H](NC(=O)c2ccno2)C(=O)Nc2cc3c(cn2)C2(CCOCC2)C(=O)N3)CC1. The number of carbonyl (C=O) groups is 3. The van der Waals surface area contributed by atoms with E-state index in [1.165, 1.54) is 12.3 Å². The smallest absolute Gasteiger partial charge is 0.290 e. The monoisotopic (exact) mass is 467 g/mol. The van der Waals surface area contributed by atoms with E-state index in [0.717, 1.165) is 31.2 Å². The molecule has 34 heavy (non-hydrogen) atoms. The zero-order valence-corrected chi connectivity index (χ0v) is 19.1. The first kappa shape index (κ1) is 22.5. The molecule has 1 saturated heterocycles. The Bertz CT molecular complexity index is 1070. The van der Waals surface area contributed by atoms with Gasteiger partial charge < -0.3 is 25.2 Å². The molecule has 2 fully saturated rings. The van der Waals surface area contributed by atoms with Crippen molar-refractivity contribution in [1.29, 1.82) is 0 Å². The molecular formula is C24H29N5O5. The lowest BCUT2D eigenvalue weighted by Gasteiger charge is -2.32. The number of hydrogen-bond donors (Lipinski definition) is 3. The number of ether oxygens (including phenoxy) is 1. The van der Waals surface area contributed by atoms with E-state index in [0.29, 0.717) is 43.5 Å². The predicted molar refractivity (Wildman–Crippen MR) is 122 cm³/mol. The van der Waals surface area contributed by atoms with E-state index in [1.807, 2.05) is 0 Å². The first-order valence-electron chi connectivity index (χ1n) is 11.9. The van der Waals surface area contributed by atoms with Gasteiger partial charge in [-0.3, -0.25) is 14.4 Å². The summed E-state index contributed by atoms with van der Waals surface area (Å²) in [5.41, 5.74) is 0.886. The molecule has 4 heterocycles. The largest absolute Gasteiger partial charge is 0.381 e. The van der Waals surface area contributed by atoms with E-state index in [4.69, 9.17) is 9.26 Å². The normalized spacial score (nSPS) is 24.2. The molecule has 0 bridgehead atoms. The second-order valence-electron chi connectivity index (χ2n) is 9.60. The van der Waals surface area contributed by atoms with E-state index in [-0.39, 0.29) is 23.5 Å². The topological polar surface area (TPSA) is 135 Å². The van der Waals surface area contributed by atoms with Crippen LogP contribution in [0.5, 0.6) is 0 Å². The minimum absolute atomic E-state index is 0.00251. The van der Waals surface area contributed by atoms with Gasteiger partial charge in [-0.25, -0.2) is 4.98 Å². The van der Waals surface area contributed by atoms with Gasteiger partial charge in [-0.2, -0.15) is 0 Å². The maximum atomic E-state index is 13.3. The number of rotatable bonds is 5. The Hall–Kier alpha value is -3.27. The van der Waals surface area contributed by atoms with Gasteiger partial charge in [-0.05, 0) is 37.5 Å². The Morgan fingerprint density at radius 1 is 1.21 bits per heavy atom. The van der Waals surface area contributed by atoms with Gasteiger partial charge in [0.2, 0.25) is 17.6 Å². The Morgan fingerprint density at radius 3 is 2.68 bits per heavy atom. The third-order valence-electron chi connectivity index (χ3n) is 7.46. The van der Waals surface area contributed by atoms with Crippen LogP contribution in [0.3, 0.4) is 0 Å². The van der Waals surface area contributed by atoms with Gasteiger partial charge in [0, 0.05) is 37.1 Å². The molecule has 1 atom stereocenters. The average Bonchev–Trinajstić information content (AvgIpc) is 3.46. The van der Waals surface area contributed by atoms with Crippen molar-refractivity contribution in [2.24, 2.45) is 11.8 Å². The van der Waals surface area contributed by atoms with Crippen molar-refractivity contribution in [2.75, 3.05) is 23.8 Å². The highest BCUT2D eigenvalue weighted by molar-refractivity contribution is 6.07. The van der Waals surface area contributed by atoms with E-state index in [2.05, 4.69) is 33.0 Å². The van der Waals surface area contributed by atoms with Crippen LogP contribution in [0.4, 0.5) is 11.5 Å². The maximum Gasteiger partial charge on any atom is 0.290 e. The van der Waals surface area contributed by atoms with Crippen LogP contribution in [0, 0.1) is 11.8 Å². The standard InChI is InChI=1S/C24H29N5O5/c1-14-2-4-15(5-3-14)20(29-21(30)18-6-9-26-34-18)22(31)28-19-12-17-16(13-25-19)24(23(32)27-17)7-10-33-11-8-24/h6,9,12-15,20H,2-5,7-8,10-11H2,1H3,(H,27,32)(H,29,30)(H,25,28,31)/t14-,15-,20-/m0/s1.